The van der Waals surface area contributed by atoms with Gasteiger partial charge in [0.1, 0.15) is 17.6 Å². The van der Waals surface area contributed by atoms with Crippen LogP contribution in [-0.2, 0) is 0 Å². The van der Waals surface area contributed by atoms with Gasteiger partial charge in [-0.1, -0.05) is 6.07 Å². The number of hydrogen-bond acceptors (Lipinski definition) is 3. The van der Waals surface area contributed by atoms with E-state index >= 15 is 0 Å². The van der Waals surface area contributed by atoms with Gasteiger partial charge in [0.05, 0.1) is 20.1 Å². The molecule has 25 heavy (non-hydrogen) atoms. The molecule has 0 aromatic heterocycles. The molecule has 1 aromatic carbocycles. The number of ether oxygens (including phenoxy) is 2. The third-order valence-corrected chi connectivity index (χ3v) is 2.93. The minimum absolute atomic E-state index is 0. The summed E-state index contributed by atoms with van der Waals surface area (Å²) in [5.41, 5.74) is 0. The fourth-order valence-electron chi connectivity index (χ4n) is 1.83. The van der Waals surface area contributed by atoms with E-state index in [2.05, 4.69) is 15.6 Å². The van der Waals surface area contributed by atoms with Crippen LogP contribution in [-0.4, -0.2) is 45.0 Å². The third kappa shape index (κ3) is 11.0. The number of guanidine groups is 1. The molecule has 1 unspecified atom stereocenters. The first kappa shape index (κ1) is 23.6. The summed E-state index contributed by atoms with van der Waals surface area (Å²) in [7, 11) is 1.57. The Bertz CT molecular complexity index is 528. The first-order valence-electron chi connectivity index (χ1n) is 7.73. The van der Waals surface area contributed by atoms with E-state index in [1.165, 1.54) is 0 Å². The van der Waals surface area contributed by atoms with Gasteiger partial charge in [-0.05, 0) is 26.0 Å². The molecule has 1 atom stereocenters. The van der Waals surface area contributed by atoms with Crippen molar-refractivity contribution in [3.05, 3.63) is 24.3 Å². The maximum atomic E-state index is 12.2. The van der Waals surface area contributed by atoms with Crippen LogP contribution in [0.15, 0.2) is 29.3 Å². The predicted octanol–water partition coefficient (Wildman–Crippen LogP) is 3.59. The summed E-state index contributed by atoms with van der Waals surface area (Å²) >= 11 is 0. The van der Waals surface area contributed by atoms with E-state index in [-0.39, 0.29) is 36.6 Å². The normalized spacial score (nSPS) is 12.8. The molecule has 5 nitrogen and oxygen atoms in total. The van der Waals surface area contributed by atoms with Crippen LogP contribution in [0.3, 0.4) is 0 Å². The lowest BCUT2D eigenvalue weighted by molar-refractivity contribution is -0.132. The van der Waals surface area contributed by atoms with Crippen LogP contribution >= 0.6 is 24.0 Å². The van der Waals surface area contributed by atoms with Gasteiger partial charge in [-0.25, -0.2) is 4.99 Å². The number of hydrogen-bond donors (Lipinski definition) is 2. The molecule has 0 bridgehead atoms. The minimum atomic E-state index is -4.19. The van der Waals surface area contributed by atoms with Gasteiger partial charge in [-0.3, -0.25) is 0 Å². The van der Waals surface area contributed by atoms with Crippen molar-refractivity contribution >= 4 is 29.9 Å². The Balaban J connectivity index is 0.00000576. The Morgan fingerprint density at radius 1 is 1.24 bits per heavy atom. The molecule has 0 aliphatic carbocycles. The number of nitrogens with zero attached hydrogens (tertiary/aromatic N) is 1. The minimum Gasteiger partial charge on any atom is -0.497 e. The van der Waals surface area contributed by atoms with Gasteiger partial charge in [0, 0.05) is 19.2 Å². The molecule has 1 aromatic rings. The molecular weight excluding hydrogens is 450 g/mol. The van der Waals surface area contributed by atoms with Crippen molar-refractivity contribution < 1.29 is 22.6 Å². The van der Waals surface area contributed by atoms with Crippen LogP contribution in [0.4, 0.5) is 13.2 Å². The van der Waals surface area contributed by atoms with Gasteiger partial charge < -0.3 is 20.1 Å². The van der Waals surface area contributed by atoms with Gasteiger partial charge in [-0.2, -0.15) is 13.2 Å². The smallest absolute Gasteiger partial charge is 0.390 e. The number of rotatable bonds is 8. The molecular formula is C16H25F3IN3O2. The second-order valence-corrected chi connectivity index (χ2v) is 5.12. The maximum Gasteiger partial charge on any atom is 0.390 e. The molecule has 2 N–H and O–H groups in total. The van der Waals surface area contributed by atoms with Crippen molar-refractivity contribution in [2.75, 3.05) is 26.7 Å². The van der Waals surface area contributed by atoms with E-state index in [4.69, 9.17) is 9.47 Å². The molecule has 1 rings (SSSR count). The molecule has 0 spiro atoms. The lowest BCUT2D eigenvalue weighted by Gasteiger charge is -2.16. The van der Waals surface area contributed by atoms with Crippen molar-refractivity contribution in [3.63, 3.8) is 0 Å². The van der Waals surface area contributed by atoms with Gasteiger partial charge in [0.2, 0.25) is 0 Å². The highest BCUT2D eigenvalue weighted by Crippen LogP contribution is 2.20. The van der Waals surface area contributed by atoms with Crippen LogP contribution in [0.1, 0.15) is 20.3 Å². The summed E-state index contributed by atoms with van der Waals surface area (Å²) in [6.07, 6.45) is -5.34. The molecule has 0 aliphatic heterocycles. The number of aliphatic imine (C=N–C) groups is 1. The van der Waals surface area contributed by atoms with Crippen molar-refractivity contribution in [2.45, 2.75) is 32.5 Å². The predicted molar refractivity (Wildman–Crippen MR) is 103 cm³/mol. The van der Waals surface area contributed by atoms with Crippen LogP contribution in [0, 0.1) is 0 Å². The lowest BCUT2D eigenvalue weighted by Crippen LogP contribution is -2.39. The second kappa shape index (κ2) is 12.0. The monoisotopic (exact) mass is 475 g/mol. The van der Waals surface area contributed by atoms with E-state index in [0.29, 0.717) is 30.5 Å². The topological polar surface area (TPSA) is 54.9 Å². The quantitative estimate of drug-likeness (QED) is 0.343. The Kier molecular flexibility index (Phi) is 11.4. The first-order chi connectivity index (χ1) is 11.3. The van der Waals surface area contributed by atoms with Crippen molar-refractivity contribution in [2.24, 2.45) is 4.99 Å². The highest BCUT2D eigenvalue weighted by atomic mass is 127. The Morgan fingerprint density at radius 3 is 2.52 bits per heavy atom. The molecule has 0 fully saturated rings. The standard InChI is InChI=1S/C16H24F3N3O2.HI/c1-4-20-15(21-9-8-16(17,18)19)22-11-12(2)24-14-7-5-6-13(10-14)23-3;/h5-7,10,12H,4,8-9,11H2,1-3H3,(H2,20,21,22);1H. The number of halogens is 4. The summed E-state index contributed by atoms with van der Waals surface area (Å²) in [4.78, 5) is 4.24. The van der Waals surface area contributed by atoms with E-state index in [0.717, 1.165) is 0 Å². The van der Waals surface area contributed by atoms with Gasteiger partial charge in [0.25, 0.3) is 0 Å². The lowest BCUT2D eigenvalue weighted by atomic mass is 10.3. The van der Waals surface area contributed by atoms with E-state index in [1.807, 2.05) is 26.0 Å². The summed E-state index contributed by atoms with van der Waals surface area (Å²) in [5.74, 6) is 1.67. The van der Waals surface area contributed by atoms with Crippen LogP contribution in [0.25, 0.3) is 0 Å². The van der Waals surface area contributed by atoms with Gasteiger partial charge in [0.15, 0.2) is 5.96 Å². The summed E-state index contributed by atoms with van der Waals surface area (Å²) < 4.78 is 47.4. The van der Waals surface area contributed by atoms with E-state index < -0.39 is 12.6 Å². The molecule has 144 valence electrons. The van der Waals surface area contributed by atoms with Crippen molar-refractivity contribution in [1.82, 2.24) is 10.6 Å². The fraction of sp³-hybridized carbons (Fsp3) is 0.562. The summed E-state index contributed by atoms with van der Waals surface area (Å²) in [6.45, 7) is 4.32. The molecule has 0 aliphatic rings. The molecule has 0 heterocycles. The highest BCUT2D eigenvalue weighted by Gasteiger charge is 2.26. The van der Waals surface area contributed by atoms with Crippen molar-refractivity contribution in [1.29, 1.82) is 0 Å². The Hall–Kier alpha value is -1.39. The Labute approximate surface area is 163 Å². The maximum absolute atomic E-state index is 12.2. The number of methoxy groups -OCH3 is 1. The van der Waals surface area contributed by atoms with Crippen LogP contribution in [0.2, 0.25) is 0 Å². The highest BCUT2D eigenvalue weighted by molar-refractivity contribution is 14.0. The zero-order valence-corrected chi connectivity index (χ0v) is 16.9. The largest absolute Gasteiger partial charge is 0.497 e. The first-order valence-corrected chi connectivity index (χ1v) is 7.73. The SMILES string of the molecule is CCNC(=NCC(C)Oc1cccc(OC)c1)NCCC(F)(F)F.I. The number of alkyl halides is 3. The molecule has 9 heteroatoms. The molecule has 0 radical (unpaired) electrons. The molecule has 0 saturated heterocycles. The third-order valence-electron chi connectivity index (χ3n) is 2.93. The average molecular weight is 475 g/mol. The van der Waals surface area contributed by atoms with E-state index in [9.17, 15) is 13.2 Å². The number of nitrogens with one attached hydrogen (secondary N) is 2. The van der Waals surface area contributed by atoms with Gasteiger partial charge >= 0.3 is 6.18 Å². The van der Waals surface area contributed by atoms with E-state index in [1.54, 1.807) is 19.2 Å². The van der Waals surface area contributed by atoms with Gasteiger partial charge in [-0.15, -0.1) is 24.0 Å². The summed E-state index contributed by atoms with van der Waals surface area (Å²) in [6, 6.07) is 7.18. The molecule has 0 saturated carbocycles. The van der Waals surface area contributed by atoms with Crippen LogP contribution in [0.5, 0.6) is 11.5 Å². The number of benzene rings is 1. The summed E-state index contributed by atoms with van der Waals surface area (Å²) in [5, 5.41) is 5.56. The Morgan fingerprint density at radius 2 is 1.92 bits per heavy atom. The van der Waals surface area contributed by atoms with Crippen molar-refractivity contribution in [3.8, 4) is 11.5 Å². The zero-order valence-electron chi connectivity index (χ0n) is 14.5. The average Bonchev–Trinajstić information content (AvgIpc) is 2.51. The second-order valence-electron chi connectivity index (χ2n) is 5.12. The molecule has 0 amide bonds. The fourth-order valence-corrected chi connectivity index (χ4v) is 1.83. The zero-order chi connectivity index (χ0) is 18.0. The van der Waals surface area contributed by atoms with Crippen LogP contribution < -0.4 is 20.1 Å².